The van der Waals surface area contributed by atoms with E-state index < -0.39 is 0 Å². The van der Waals surface area contributed by atoms with Gasteiger partial charge >= 0.3 is 0 Å². The fraction of sp³-hybridized carbons (Fsp3) is 0.471. The molecule has 0 amide bonds. The highest BCUT2D eigenvalue weighted by atomic mass is 15.1. The number of H-pyrrole nitrogens is 1. The molecule has 100 valence electrons. The number of hydrogen-bond acceptors (Lipinski definition) is 0. The standard InChI is InChI=1S/C17H22N2/c1-12-8-4-7-11-16(12)19-13(2)17(18-14(19)3)15-9-5-6-10-15/h4,7-8,11,15H,5-6,9-10H2,1-3H3/p+1. The maximum Gasteiger partial charge on any atom is 0.256 e. The third-order valence-corrected chi connectivity index (χ3v) is 4.50. The number of imidazole rings is 1. The van der Waals surface area contributed by atoms with E-state index in [1.165, 1.54) is 54.1 Å². The fourth-order valence-electron chi connectivity index (χ4n) is 3.50. The zero-order valence-corrected chi connectivity index (χ0v) is 12.2. The minimum atomic E-state index is 0.740. The monoisotopic (exact) mass is 255 g/mol. The number of aryl methyl sites for hydroxylation is 2. The highest BCUT2D eigenvalue weighted by molar-refractivity contribution is 5.33. The third kappa shape index (κ3) is 2.09. The van der Waals surface area contributed by atoms with Crippen LogP contribution in [0, 0.1) is 20.8 Å². The number of nitrogens with one attached hydrogen (secondary N) is 1. The summed E-state index contributed by atoms with van der Waals surface area (Å²) in [7, 11) is 0. The van der Waals surface area contributed by atoms with Crippen molar-refractivity contribution >= 4 is 0 Å². The number of nitrogens with zero attached hydrogens (tertiary/aromatic N) is 1. The number of rotatable bonds is 2. The summed E-state index contributed by atoms with van der Waals surface area (Å²) in [6.07, 6.45) is 5.45. The van der Waals surface area contributed by atoms with Crippen LogP contribution in [-0.2, 0) is 0 Å². The largest absolute Gasteiger partial charge is 0.256 e. The Bertz CT molecular complexity index is 589. The number of aromatic amines is 1. The van der Waals surface area contributed by atoms with Gasteiger partial charge in [0.1, 0.15) is 17.1 Å². The van der Waals surface area contributed by atoms with Gasteiger partial charge in [0.15, 0.2) is 0 Å². The molecule has 2 aromatic rings. The minimum absolute atomic E-state index is 0.740. The van der Waals surface area contributed by atoms with Crippen molar-refractivity contribution in [2.45, 2.75) is 52.4 Å². The molecule has 0 aliphatic heterocycles. The molecule has 1 fully saturated rings. The van der Waals surface area contributed by atoms with Gasteiger partial charge in [-0.3, -0.25) is 0 Å². The van der Waals surface area contributed by atoms with Crippen molar-refractivity contribution in [1.29, 1.82) is 0 Å². The van der Waals surface area contributed by atoms with Gasteiger partial charge in [0, 0.05) is 19.8 Å². The third-order valence-electron chi connectivity index (χ3n) is 4.50. The predicted molar refractivity (Wildman–Crippen MR) is 77.7 cm³/mol. The SMILES string of the molecule is Cc1ccccc1-[n+]1c(C)[nH]c(C2CCCC2)c1C. The molecule has 1 heterocycles. The molecule has 2 heteroatoms. The summed E-state index contributed by atoms with van der Waals surface area (Å²) in [5, 5.41) is 0. The van der Waals surface area contributed by atoms with E-state index in [2.05, 4.69) is 54.6 Å². The van der Waals surface area contributed by atoms with Crippen molar-refractivity contribution < 1.29 is 4.57 Å². The van der Waals surface area contributed by atoms with Gasteiger partial charge in [-0.2, -0.15) is 4.57 Å². The van der Waals surface area contributed by atoms with Gasteiger partial charge in [-0.05, 0) is 31.4 Å². The lowest BCUT2D eigenvalue weighted by Crippen LogP contribution is -2.36. The fourth-order valence-corrected chi connectivity index (χ4v) is 3.50. The van der Waals surface area contributed by atoms with E-state index in [0.29, 0.717) is 0 Å². The van der Waals surface area contributed by atoms with Crippen LogP contribution in [0.25, 0.3) is 5.69 Å². The molecule has 19 heavy (non-hydrogen) atoms. The summed E-state index contributed by atoms with van der Waals surface area (Å²) < 4.78 is 2.38. The van der Waals surface area contributed by atoms with Gasteiger partial charge in [-0.1, -0.05) is 31.0 Å². The number of benzene rings is 1. The molecule has 0 spiro atoms. The van der Waals surface area contributed by atoms with Crippen molar-refractivity contribution in [3.63, 3.8) is 0 Å². The zero-order chi connectivity index (χ0) is 13.4. The summed E-state index contributed by atoms with van der Waals surface area (Å²) >= 11 is 0. The lowest BCUT2D eigenvalue weighted by molar-refractivity contribution is -0.608. The first-order chi connectivity index (χ1) is 9.18. The molecule has 0 bridgehead atoms. The van der Waals surface area contributed by atoms with Gasteiger partial charge in [-0.25, -0.2) is 4.98 Å². The summed E-state index contributed by atoms with van der Waals surface area (Å²) in [4.78, 5) is 3.64. The Labute approximate surface area is 115 Å². The van der Waals surface area contributed by atoms with Crippen LogP contribution < -0.4 is 4.57 Å². The maximum absolute atomic E-state index is 3.64. The Morgan fingerprint density at radius 1 is 1.05 bits per heavy atom. The maximum atomic E-state index is 3.64. The topological polar surface area (TPSA) is 19.7 Å². The average molecular weight is 255 g/mol. The summed E-state index contributed by atoms with van der Waals surface area (Å²) in [6, 6.07) is 8.62. The highest BCUT2D eigenvalue weighted by Gasteiger charge is 2.29. The van der Waals surface area contributed by atoms with Crippen LogP contribution in [0.5, 0.6) is 0 Å². The van der Waals surface area contributed by atoms with Crippen molar-refractivity contribution in [3.8, 4) is 5.69 Å². The first-order valence-electron chi connectivity index (χ1n) is 7.35. The van der Waals surface area contributed by atoms with Crippen LogP contribution in [0.1, 0.15) is 54.4 Å². The molecule has 1 aliphatic carbocycles. The van der Waals surface area contributed by atoms with Crippen LogP contribution >= 0.6 is 0 Å². The second-order valence-corrected chi connectivity index (χ2v) is 5.81. The van der Waals surface area contributed by atoms with E-state index in [0.717, 1.165) is 5.92 Å². The molecule has 0 atom stereocenters. The van der Waals surface area contributed by atoms with Crippen LogP contribution in [0.15, 0.2) is 24.3 Å². The Kier molecular flexibility index (Phi) is 3.17. The van der Waals surface area contributed by atoms with Crippen LogP contribution in [0.3, 0.4) is 0 Å². The Hall–Kier alpha value is -1.57. The Balaban J connectivity index is 2.10. The van der Waals surface area contributed by atoms with Crippen LogP contribution in [0.4, 0.5) is 0 Å². The zero-order valence-electron chi connectivity index (χ0n) is 12.2. The second kappa shape index (κ2) is 4.84. The molecular weight excluding hydrogens is 232 g/mol. The smallest absolute Gasteiger partial charge is 0.244 e. The minimum Gasteiger partial charge on any atom is -0.244 e. The van der Waals surface area contributed by atoms with Crippen molar-refractivity contribution in [3.05, 3.63) is 47.0 Å². The quantitative estimate of drug-likeness (QED) is 0.786. The van der Waals surface area contributed by atoms with E-state index in [4.69, 9.17) is 0 Å². The highest BCUT2D eigenvalue weighted by Crippen LogP contribution is 2.34. The molecule has 1 saturated carbocycles. The molecule has 3 rings (SSSR count). The Morgan fingerprint density at radius 2 is 1.74 bits per heavy atom. The molecular formula is C17H23N2+. The molecule has 0 unspecified atom stereocenters. The van der Waals surface area contributed by atoms with Crippen LogP contribution in [0.2, 0.25) is 0 Å². The summed E-state index contributed by atoms with van der Waals surface area (Å²) in [5.41, 5.74) is 5.48. The van der Waals surface area contributed by atoms with E-state index in [1.54, 1.807) is 0 Å². The average Bonchev–Trinajstić information content (AvgIpc) is 3.00. The lowest BCUT2D eigenvalue weighted by Gasteiger charge is -2.06. The normalized spacial score (nSPS) is 16.2. The number of hydrogen-bond donors (Lipinski definition) is 1. The number of para-hydroxylation sites is 1. The number of aromatic nitrogens is 2. The van der Waals surface area contributed by atoms with E-state index in [1.807, 2.05) is 0 Å². The van der Waals surface area contributed by atoms with E-state index >= 15 is 0 Å². The predicted octanol–water partition coefficient (Wildman–Crippen LogP) is 3.87. The van der Waals surface area contributed by atoms with E-state index in [-0.39, 0.29) is 0 Å². The Morgan fingerprint density at radius 3 is 2.42 bits per heavy atom. The van der Waals surface area contributed by atoms with Crippen molar-refractivity contribution in [2.24, 2.45) is 0 Å². The molecule has 0 saturated heterocycles. The van der Waals surface area contributed by atoms with Gasteiger partial charge in [0.05, 0.1) is 0 Å². The molecule has 2 nitrogen and oxygen atoms in total. The van der Waals surface area contributed by atoms with Crippen LogP contribution in [-0.4, -0.2) is 4.98 Å². The lowest BCUT2D eigenvalue weighted by atomic mass is 10.0. The molecule has 1 aromatic heterocycles. The first kappa shape index (κ1) is 12.5. The van der Waals surface area contributed by atoms with Gasteiger partial charge in [-0.15, -0.1) is 0 Å². The van der Waals surface area contributed by atoms with Crippen molar-refractivity contribution in [2.75, 3.05) is 0 Å². The molecule has 0 radical (unpaired) electrons. The second-order valence-electron chi connectivity index (χ2n) is 5.81. The van der Waals surface area contributed by atoms with Gasteiger partial charge < -0.3 is 0 Å². The van der Waals surface area contributed by atoms with Gasteiger partial charge in [0.25, 0.3) is 5.82 Å². The molecule has 1 aliphatic rings. The first-order valence-corrected chi connectivity index (χ1v) is 7.35. The summed E-state index contributed by atoms with van der Waals surface area (Å²) in [6.45, 7) is 6.62. The van der Waals surface area contributed by atoms with Crippen molar-refractivity contribution in [1.82, 2.24) is 4.98 Å². The summed E-state index contributed by atoms with van der Waals surface area (Å²) in [5.74, 6) is 1.98. The molecule has 1 aromatic carbocycles. The van der Waals surface area contributed by atoms with Gasteiger partial charge in [0.2, 0.25) is 0 Å². The van der Waals surface area contributed by atoms with E-state index in [9.17, 15) is 0 Å². The molecule has 1 N–H and O–H groups in total.